The molecule has 0 bridgehead atoms. The Morgan fingerprint density at radius 2 is 1.89 bits per heavy atom. The van der Waals surface area contributed by atoms with Crippen LogP contribution < -0.4 is 5.32 Å². The molecule has 1 aliphatic carbocycles. The lowest BCUT2D eigenvalue weighted by atomic mass is 9.89. The summed E-state index contributed by atoms with van der Waals surface area (Å²) in [4.78, 5) is 2.76. The molecule has 0 aromatic carbocycles. The molecule has 0 amide bonds. The molecule has 2 rings (SSSR count). The predicted octanol–water partition coefficient (Wildman–Crippen LogP) is 2.80. The van der Waals surface area contributed by atoms with Crippen molar-refractivity contribution >= 4 is 0 Å². The quantitative estimate of drug-likeness (QED) is 0.852. The van der Waals surface area contributed by atoms with E-state index in [1.807, 2.05) is 0 Å². The molecule has 1 heterocycles. The van der Waals surface area contributed by atoms with Crippen LogP contribution in [0.25, 0.3) is 0 Å². The van der Waals surface area contributed by atoms with E-state index < -0.39 is 0 Å². The van der Waals surface area contributed by atoms with Crippen LogP contribution in [0.1, 0.15) is 58.8 Å². The average molecular weight is 268 g/mol. The van der Waals surface area contributed by atoms with Crippen molar-refractivity contribution < 1.29 is 4.74 Å². The number of nitrogens with one attached hydrogen (secondary N) is 1. The lowest BCUT2D eigenvalue weighted by molar-refractivity contribution is -0.0801. The monoisotopic (exact) mass is 268 g/mol. The summed E-state index contributed by atoms with van der Waals surface area (Å²) in [6.45, 7) is 6.55. The highest BCUT2D eigenvalue weighted by molar-refractivity contribution is 4.91. The first-order valence-electron chi connectivity index (χ1n) is 8.30. The third-order valence-electron chi connectivity index (χ3n) is 5.01. The van der Waals surface area contributed by atoms with Crippen molar-refractivity contribution in [2.75, 3.05) is 20.2 Å². The lowest BCUT2D eigenvalue weighted by Crippen LogP contribution is -2.58. The number of hydrogen-bond acceptors (Lipinski definition) is 3. The lowest BCUT2D eigenvalue weighted by Gasteiger charge is -2.46. The predicted molar refractivity (Wildman–Crippen MR) is 80.5 cm³/mol. The molecule has 1 saturated carbocycles. The molecule has 112 valence electrons. The fraction of sp³-hybridized carbons (Fsp3) is 1.00. The van der Waals surface area contributed by atoms with Crippen LogP contribution in [0.2, 0.25) is 0 Å². The van der Waals surface area contributed by atoms with Gasteiger partial charge in [-0.25, -0.2) is 0 Å². The standard InChI is InChI=1S/C16H32N2O/c1-4-14-12-19-13(2)11-18(14)16-10-8-6-5-7-9-15(16)17-3/h13-17H,4-12H2,1-3H3. The molecule has 1 N–H and O–H groups in total. The maximum absolute atomic E-state index is 5.87. The topological polar surface area (TPSA) is 24.5 Å². The van der Waals surface area contributed by atoms with Gasteiger partial charge in [0.1, 0.15) is 0 Å². The van der Waals surface area contributed by atoms with Gasteiger partial charge in [0, 0.05) is 24.7 Å². The SMILES string of the molecule is CCC1COC(C)CN1C1CCCCCCC1NC. The highest BCUT2D eigenvalue weighted by Gasteiger charge is 2.34. The van der Waals surface area contributed by atoms with E-state index in [9.17, 15) is 0 Å². The molecule has 4 unspecified atom stereocenters. The van der Waals surface area contributed by atoms with E-state index in [-0.39, 0.29) is 0 Å². The number of likely N-dealkylation sites (N-methyl/N-ethyl adjacent to an activating group) is 1. The summed E-state index contributed by atoms with van der Waals surface area (Å²) in [5.41, 5.74) is 0. The summed E-state index contributed by atoms with van der Waals surface area (Å²) >= 11 is 0. The minimum Gasteiger partial charge on any atom is -0.376 e. The van der Waals surface area contributed by atoms with Crippen LogP contribution in [-0.2, 0) is 4.74 Å². The maximum Gasteiger partial charge on any atom is 0.0674 e. The van der Waals surface area contributed by atoms with E-state index in [1.165, 1.54) is 44.9 Å². The summed E-state index contributed by atoms with van der Waals surface area (Å²) in [6.07, 6.45) is 9.91. The van der Waals surface area contributed by atoms with Crippen molar-refractivity contribution in [2.45, 2.75) is 83.0 Å². The molecule has 0 spiro atoms. The van der Waals surface area contributed by atoms with Crippen LogP contribution >= 0.6 is 0 Å². The molecule has 0 aromatic heterocycles. The van der Waals surface area contributed by atoms with Crippen LogP contribution in [-0.4, -0.2) is 49.3 Å². The summed E-state index contributed by atoms with van der Waals surface area (Å²) in [5.74, 6) is 0. The molecule has 2 aliphatic rings. The molecule has 2 fully saturated rings. The Hall–Kier alpha value is -0.120. The van der Waals surface area contributed by atoms with Crippen molar-refractivity contribution in [1.29, 1.82) is 0 Å². The fourth-order valence-corrected chi connectivity index (χ4v) is 3.83. The number of hydrogen-bond donors (Lipinski definition) is 1. The first kappa shape index (κ1) is 15.3. The summed E-state index contributed by atoms with van der Waals surface area (Å²) in [5, 5.41) is 3.60. The van der Waals surface area contributed by atoms with E-state index in [2.05, 4.69) is 31.1 Å². The molecular formula is C16H32N2O. The normalized spacial score (nSPS) is 38.7. The van der Waals surface area contributed by atoms with Gasteiger partial charge in [-0.1, -0.05) is 32.6 Å². The van der Waals surface area contributed by atoms with Gasteiger partial charge in [0.2, 0.25) is 0 Å². The Bertz CT molecular complexity index is 259. The molecule has 1 saturated heterocycles. The van der Waals surface area contributed by atoms with Crippen LogP contribution in [0.4, 0.5) is 0 Å². The fourth-order valence-electron chi connectivity index (χ4n) is 3.83. The largest absolute Gasteiger partial charge is 0.376 e. The summed E-state index contributed by atoms with van der Waals surface area (Å²) in [6, 6.07) is 2.00. The third-order valence-corrected chi connectivity index (χ3v) is 5.01. The Morgan fingerprint density at radius 3 is 2.58 bits per heavy atom. The summed E-state index contributed by atoms with van der Waals surface area (Å²) < 4.78 is 5.87. The molecule has 0 radical (unpaired) electrons. The van der Waals surface area contributed by atoms with Crippen molar-refractivity contribution in [3.8, 4) is 0 Å². The van der Waals surface area contributed by atoms with Crippen LogP contribution in [0.15, 0.2) is 0 Å². The Kier molecular flexibility index (Phi) is 6.11. The molecule has 0 aromatic rings. The minimum absolute atomic E-state index is 0.394. The van der Waals surface area contributed by atoms with Crippen molar-refractivity contribution in [1.82, 2.24) is 10.2 Å². The molecule has 3 nitrogen and oxygen atoms in total. The van der Waals surface area contributed by atoms with E-state index in [1.54, 1.807) is 0 Å². The number of ether oxygens (including phenoxy) is 1. The first-order valence-corrected chi connectivity index (χ1v) is 8.30. The average Bonchev–Trinajstić information content (AvgIpc) is 2.39. The zero-order chi connectivity index (χ0) is 13.7. The van der Waals surface area contributed by atoms with E-state index >= 15 is 0 Å². The second-order valence-electron chi connectivity index (χ2n) is 6.36. The summed E-state index contributed by atoms with van der Waals surface area (Å²) in [7, 11) is 2.14. The van der Waals surface area contributed by atoms with Crippen molar-refractivity contribution in [3.63, 3.8) is 0 Å². The Morgan fingerprint density at radius 1 is 1.16 bits per heavy atom. The minimum atomic E-state index is 0.394. The Balaban J connectivity index is 2.08. The third kappa shape index (κ3) is 3.93. The second-order valence-corrected chi connectivity index (χ2v) is 6.36. The van der Waals surface area contributed by atoms with Gasteiger partial charge in [0.05, 0.1) is 12.7 Å². The van der Waals surface area contributed by atoms with Crippen LogP contribution in [0.3, 0.4) is 0 Å². The highest BCUT2D eigenvalue weighted by atomic mass is 16.5. The van der Waals surface area contributed by atoms with Gasteiger partial charge in [0.25, 0.3) is 0 Å². The van der Waals surface area contributed by atoms with Gasteiger partial charge >= 0.3 is 0 Å². The van der Waals surface area contributed by atoms with Gasteiger partial charge in [-0.05, 0) is 33.2 Å². The molecule has 4 atom stereocenters. The molecular weight excluding hydrogens is 236 g/mol. The van der Waals surface area contributed by atoms with Gasteiger partial charge < -0.3 is 10.1 Å². The maximum atomic E-state index is 5.87. The zero-order valence-corrected chi connectivity index (χ0v) is 13.0. The van der Waals surface area contributed by atoms with Crippen LogP contribution in [0, 0.1) is 0 Å². The number of rotatable bonds is 3. The van der Waals surface area contributed by atoms with Gasteiger partial charge in [-0.15, -0.1) is 0 Å². The number of morpholine rings is 1. The van der Waals surface area contributed by atoms with E-state index in [0.717, 1.165) is 13.2 Å². The van der Waals surface area contributed by atoms with Gasteiger partial charge in [0.15, 0.2) is 0 Å². The van der Waals surface area contributed by atoms with Gasteiger partial charge in [-0.3, -0.25) is 4.90 Å². The number of nitrogens with zero attached hydrogens (tertiary/aromatic N) is 1. The second kappa shape index (κ2) is 7.61. The van der Waals surface area contributed by atoms with Crippen molar-refractivity contribution in [2.24, 2.45) is 0 Å². The van der Waals surface area contributed by atoms with E-state index in [4.69, 9.17) is 4.74 Å². The molecule has 19 heavy (non-hydrogen) atoms. The molecule has 3 heteroatoms. The molecule has 1 aliphatic heterocycles. The first-order chi connectivity index (χ1) is 9.26. The highest BCUT2D eigenvalue weighted by Crippen LogP contribution is 2.27. The van der Waals surface area contributed by atoms with Crippen molar-refractivity contribution in [3.05, 3.63) is 0 Å². The zero-order valence-electron chi connectivity index (χ0n) is 13.0. The van der Waals surface area contributed by atoms with Crippen LogP contribution in [0.5, 0.6) is 0 Å². The smallest absolute Gasteiger partial charge is 0.0674 e. The Labute approximate surface area is 119 Å². The van der Waals surface area contributed by atoms with Gasteiger partial charge in [-0.2, -0.15) is 0 Å². The van der Waals surface area contributed by atoms with E-state index in [0.29, 0.717) is 24.2 Å².